The van der Waals surface area contributed by atoms with Crippen LogP contribution in [0.3, 0.4) is 0 Å². The molecule has 0 unspecified atom stereocenters. The Balaban J connectivity index is 2.99. The normalized spacial score (nSPS) is 12.4. The molecule has 0 radical (unpaired) electrons. The van der Waals surface area contributed by atoms with Crippen molar-refractivity contribution in [2.24, 2.45) is 5.14 Å². The molecule has 19 heavy (non-hydrogen) atoms. The molecule has 108 valence electrons. The average molecular weight is 308 g/mol. The predicted molar refractivity (Wildman–Crippen MR) is 71.9 cm³/mol. The van der Waals surface area contributed by atoms with Gasteiger partial charge in [0.2, 0.25) is 20.0 Å². The van der Waals surface area contributed by atoms with Crippen LogP contribution in [0.1, 0.15) is 0 Å². The van der Waals surface area contributed by atoms with Gasteiger partial charge >= 0.3 is 0 Å². The molecule has 0 amide bonds. The van der Waals surface area contributed by atoms with E-state index < -0.39 is 20.0 Å². The molecule has 7 nitrogen and oxygen atoms in total. The number of anilines is 1. The molecule has 0 saturated heterocycles. The second-order valence-corrected chi connectivity index (χ2v) is 7.50. The minimum absolute atomic E-state index is 0.0704. The Morgan fingerprint density at radius 3 is 2.11 bits per heavy atom. The lowest BCUT2D eigenvalue weighted by atomic mass is 10.3. The molecule has 2 N–H and O–H groups in total. The highest BCUT2D eigenvalue weighted by molar-refractivity contribution is 7.92. The Hall–Kier alpha value is -1.16. The lowest BCUT2D eigenvalue weighted by Gasteiger charge is -2.19. The van der Waals surface area contributed by atoms with E-state index in [4.69, 9.17) is 9.88 Å². The summed E-state index contributed by atoms with van der Waals surface area (Å²) in [4.78, 5) is -0.0704. The van der Waals surface area contributed by atoms with Crippen molar-refractivity contribution in [2.75, 3.05) is 30.8 Å². The first kappa shape index (κ1) is 15.9. The van der Waals surface area contributed by atoms with E-state index >= 15 is 0 Å². The number of nitrogens with zero attached hydrogens (tertiary/aromatic N) is 1. The van der Waals surface area contributed by atoms with Gasteiger partial charge in [-0.1, -0.05) is 0 Å². The maximum absolute atomic E-state index is 11.9. The number of benzene rings is 1. The number of sulfonamides is 2. The van der Waals surface area contributed by atoms with E-state index in [1.165, 1.54) is 38.4 Å². The summed E-state index contributed by atoms with van der Waals surface area (Å²) in [6.45, 7) is 0.0853. The molecule has 0 aromatic heterocycles. The van der Waals surface area contributed by atoms with Crippen molar-refractivity contribution in [3.8, 4) is 0 Å². The summed E-state index contributed by atoms with van der Waals surface area (Å²) in [6, 6.07) is 5.27. The number of ether oxygens (including phenoxy) is 1. The fourth-order valence-corrected chi connectivity index (χ4v) is 2.94. The van der Waals surface area contributed by atoms with Gasteiger partial charge < -0.3 is 4.74 Å². The van der Waals surface area contributed by atoms with Crippen molar-refractivity contribution in [1.29, 1.82) is 0 Å². The zero-order valence-corrected chi connectivity index (χ0v) is 12.2. The zero-order valence-electron chi connectivity index (χ0n) is 10.6. The quantitative estimate of drug-likeness (QED) is 0.779. The molecule has 9 heteroatoms. The van der Waals surface area contributed by atoms with Gasteiger partial charge in [0.1, 0.15) is 0 Å². The van der Waals surface area contributed by atoms with Crippen LogP contribution in [0.2, 0.25) is 0 Å². The van der Waals surface area contributed by atoms with Crippen LogP contribution in [0.25, 0.3) is 0 Å². The summed E-state index contributed by atoms with van der Waals surface area (Å²) in [5.41, 5.74) is 0.350. The molecule has 1 aromatic carbocycles. The number of rotatable bonds is 6. The molecule has 0 saturated carbocycles. The Morgan fingerprint density at radius 1 is 1.16 bits per heavy atom. The van der Waals surface area contributed by atoms with E-state index in [1.807, 2.05) is 0 Å². The third-order valence-corrected chi connectivity index (χ3v) is 5.15. The molecular formula is C10H16N2O5S2. The molecular weight excluding hydrogens is 292 g/mol. The lowest BCUT2D eigenvalue weighted by Crippen LogP contribution is -2.30. The largest absolute Gasteiger partial charge is 0.384 e. The van der Waals surface area contributed by atoms with Gasteiger partial charge in [-0.05, 0) is 24.3 Å². The van der Waals surface area contributed by atoms with Crippen molar-refractivity contribution in [1.82, 2.24) is 0 Å². The highest BCUT2D eigenvalue weighted by Crippen LogP contribution is 2.18. The second kappa shape index (κ2) is 5.87. The van der Waals surface area contributed by atoms with Gasteiger partial charge in [-0.25, -0.2) is 22.0 Å². The fraction of sp³-hybridized carbons (Fsp3) is 0.400. The Kier molecular flexibility index (Phi) is 4.91. The maximum atomic E-state index is 11.9. The number of nitrogens with two attached hydrogens (primary N) is 1. The number of primary sulfonamides is 1. The van der Waals surface area contributed by atoms with Gasteiger partial charge in [0.15, 0.2) is 0 Å². The van der Waals surface area contributed by atoms with E-state index in [-0.39, 0.29) is 17.3 Å². The van der Waals surface area contributed by atoms with Gasteiger partial charge in [-0.2, -0.15) is 0 Å². The van der Waals surface area contributed by atoms with Gasteiger partial charge in [0.05, 0.1) is 22.9 Å². The van der Waals surface area contributed by atoms with E-state index in [1.54, 1.807) is 0 Å². The Bertz CT molecular complexity index is 622. The highest BCUT2D eigenvalue weighted by atomic mass is 32.2. The first-order chi connectivity index (χ1) is 8.68. The summed E-state index contributed by atoms with van der Waals surface area (Å²) < 4.78 is 51.7. The van der Waals surface area contributed by atoms with E-state index in [0.29, 0.717) is 5.69 Å². The van der Waals surface area contributed by atoms with Crippen molar-refractivity contribution < 1.29 is 21.6 Å². The monoisotopic (exact) mass is 308 g/mol. The lowest BCUT2D eigenvalue weighted by molar-refractivity contribution is 0.217. The van der Waals surface area contributed by atoms with Gasteiger partial charge in [-0.3, -0.25) is 4.31 Å². The number of methoxy groups -OCH3 is 1. The van der Waals surface area contributed by atoms with Crippen LogP contribution in [0, 0.1) is 0 Å². The van der Waals surface area contributed by atoms with E-state index in [9.17, 15) is 16.8 Å². The molecule has 0 atom stereocenters. The summed E-state index contributed by atoms with van der Waals surface area (Å²) in [7, 11) is -4.48. The minimum atomic E-state index is -3.78. The summed E-state index contributed by atoms with van der Waals surface area (Å²) in [5.74, 6) is -0.156. The third kappa shape index (κ3) is 4.16. The van der Waals surface area contributed by atoms with Crippen LogP contribution in [-0.4, -0.2) is 43.4 Å². The SMILES string of the molecule is COCCS(=O)(=O)N(C)c1ccc(S(N)(=O)=O)cc1. The van der Waals surface area contributed by atoms with Crippen molar-refractivity contribution in [2.45, 2.75) is 4.90 Å². The van der Waals surface area contributed by atoms with Crippen LogP contribution >= 0.6 is 0 Å². The van der Waals surface area contributed by atoms with Crippen molar-refractivity contribution in [3.63, 3.8) is 0 Å². The zero-order chi connectivity index (χ0) is 14.7. The maximum Gasteiger partial charge on any atom is 0.238 e. The molecule has 0 spiro atoms. The van der Waals surface area contributed by atoms with Crippen molar-refractivity contribution >= 4 is 25.7 Å². The first-order valence-corrected chi connectivity index (χ1v) is 8.42. The molecule has 0 fully saturated rings. The van der Waals surface area contributed by atoms with E-state index in [2.05, 4.69) is 0 Å². The standard InChI is InChI=1S/C10H16N2O5S2/c1-12(18(13,14)8-7-17-2)9-3-5-10(6-4-9)19(11,15)16/h3-6H,7-8H2,1-2H3,(H2,11,15,16). The van der Waals surface area contributed by atoms with E-state index in [0.717, 1.165) is 4.31 Å². The van der Waals surface area contributed by atoms with Crippen LogP contribution in [0.4, 0.5) is 5.69 Å². The van der Waals surface area contributed by atoms with Crippen LogP contribution in [0.5, 0.6) is 0 Å². The molecule has 0 heterocycles. The Labute approximate surface area is 113 Å². The van der Waals surface area contributed by atoms with Gasteiger partial charge in [-0.15, -0.1) is 0 Å². The molecule has 1 aromatic rings. The number of hydrogen-bond acceptors (Lipinski definition) is 5. The topological polar surface area (TPSA) is 107 Å². The van der Waals surface area contributed by atoms with Crippen LogP contribution < -0.4 is 9.44 Å². The molecule has 0 aliphatic heterocycles. The molecule has 1 rings (SSSR count). The average Bonchev–Trinajstić information content (AvgIpc) is 2.34. The smallest absolute Gasteiger partial charge is 0.238 e. The molecule has 0 bridgehead atoms. The van der Waals surface area contributed by atoms with Crippen molar-refractivity contribution in [3.05, 3.63) is 24.3 Å². The fourth-order valence-electron chi connectivity index (χ4n) is 1.33. The molecule has 0 aliphatic rings. The van der Waals surface area contributed by atoms with Gasteiger partial charge in [0, 0.05) is 14.2 Å². The summed E-state index contributed by atoms with van der Waals surface area (Å²) in [6.07, 6.45) is 0. The Morgan fingerprint density at radius 2 is 1.68 bits per heavy atom. The van der Waals surface area contributed by atoms with Crippen LogP contribution in [-0.2, 0) is 24.8 Å². The van der Waals surface area contributed by atoms with Crippen LogP contribution in [0.15, 0.2) is 29.2 Å². The highest BCUT2D eigenvalue weighted by Gasteiger charge is 2.18. The first-order valence-electron chi connectivity index (χ1n) is 5.27. The number of hydrogen-bond donors (Lipinski definition) is 1. The third-order valence-electron chi connectivity index (χ3n) is 2.49. The predicted octanol–water partition coefficient (Wildman–Crippen LogP) is -0.254. The van der Waals surface area contributed by atoms with Gasteiger partial charge in [0.25, 0.3) is 0 Å². The summed E-state index contributed by atoms with van der Waals surface area (Å²) in [5, 5.41) is 4.96. The summed E-state index contributed by atoms with van der Waals surface area (Å²) >= 11 is 0. The minimum Gasteiger partial charge on any atom is -0.384 e. The molecule has 0 aliphatic carbocycles. The second-order valence-electron chi connectivity index (χ2n) is 3.82.